The molecule has 4 bridgehead atoms. The number of hydrogen-bond donors (Lipinski definition) is 0. The summed E-state index contributed by atoms with van der Waals surface area (Å²) in [7, 11) is 4.57. The summed E-state index contributed by atoms with van der Waals surface area (Å²) in [5, 5.41) is 0. The Morgan fingerprint density at radius 1 is 0.650 bits per heavy atom. The van der Waals surface area contributed by atoms with E-state index in [9.17, 15) is 0 Å². The molecule has 4 aliphatic heterocycles. The van der Waals surface area contributed by atoms with Gasteiger partial charge in [-0.3, -0.25) is 0 Å². The first-order chi connectivity index (χ1) is 9.54. The van der Waals surface area contributed by atoms with Crippen molar-refractivity contribution in [3.05, 3.63) is 0 Å². The Kier molecular flexibility index (Phi) is 4.42. The zero-order valence-corrected chi connectivity index (χ0v) is 14.0. The van der Waals surface area contributed by atoms with Crippen LogP contribution in [0, 0.1) is 23.7 Å². The molecule has 2 nitrogen and oxygen atoms in total. The van der Waals surface area contributed by atoms with Crippen molar-refractivity contribution in [2.75, 3.05) is 27.2 Å². The average Bonchev–Trinajstić information content (AvgIpc) is 2.39. The molecule has 0 radical (unpaired) electrons. The summed E-state index contributed by atoms with van der Waals surface area (Å²) in [6.45, 7) is 7.56. The monoisotopic (exact) mass is 278 g/mol. The molecule has 4 heterocycles. The van der Waals surface area contributed by atoms with Gasteiger partial charge < -0.3 is 9.80 Å². The maximum Gasteiger partial charge on any atom is 0.0118 e. The Morgan fingerprint density at radius 2 is 1.05 bits per heavy atom. The minimum atomic E-state index is 0.921. The first kappa shape index (κ1) is 14.8. The van der Waals surface area contributed by atoms with Crippen LogP contribution in [-0.2, 0) is 0 Å². The van der Waals surface area contributed by atoms with Crippen molar-refractivity contribution in [3.63, 3.8) is 0 Å². The van der Waals surface area contributed by atoms with Gasteiger partial charge in [0, 0.05) is 25.2 Å². The van der Waals surface area contributed by atoms with Crippen molar-refractivity contribution in [2.45, 2.75) is 64.5 Å². The number of piperidine rings is 4. The lowest BCUT2D eigenvalue weighted by Crippen LogP contribution is -2.50. The first-order valence-corrected chi connectivity index (χ1v) is 8.95. The Morgan fingerprint density at radius 3 is 1.25 bits per heavy atom. The normalized spacial score (nSPS) is 48.0. The third-order valence-electron chi connectivity index (χ3n) is 6.69. The number of nitrogens with zero attached hydrogens (tertiary/aromatic N) is 2. The SMILES string of the molecule is CC1CC2CCC1N(C)C2.CC1CC2CCC1N(C)C2. The van der Waals surface area contributed by atoms with Gasteiger partial charge in [-0.05, 0) is 76.3 Å². The molecular formula is C18H34N2. The molecule has 116 valence electrons. The predicted octanol–water partition coefficient (Wildman–Crippen LogP) is 3.47. The van der Waals surface area contributed by atoms with Gasteiger partial charge in [0.25, 0.3) is 0 Å². The summed E-state index contributed by atoms with van der Waals surface area (Å²) < 4.78 is 0. The second-order valence-electron chi connectivity index (χ2n) is 8.33. The molecule has 2 aliphatic carbocycles. The van der Waals surface area contributed by atoms with E-state index in [1.807, 2.05) is 0 Å². The van der Waals surface area contributed by atoms with E-state index in [4.69, 9.17) is 0 Å². The van der Waals surface area contributed by atoms with Gasteiger partial charge in [0.1, 0.15) is 0 Å². The first-order valence-electron chi connectivity index (χ1n) is 8.95. The Hall–Kier alpha value is -0.0800. The fraction of sp³-hybridized carbons (Fsp3) is 1.00. The summed E-state index contributed by atoms with van der Waals surface area (Å²) in [5.41, 5.74) is 0. The third kappa shape index (κ3) is 2.92. The number of hydrogen-bond acceptors (Lipinski definition) is 2. The van der Waals surface area contributed by atoms with Gasteiger partial charge in [-0.1, -0.05) is 13.8 Å². The second-order valence-corrected chi connectivity index (χ2v) is 8.33. The third-order valence-corrected chi connectivity index (χ3v) is 6.69. The van der Waals surface area contributed by atoms with Crippen LogP contribution in [0.4, 0.5) is 0 Å². The van der Waals surface area contributed by atoms with Gasteiger partial charge >= 0.3 is 0 Å². The standard InChI is InChI=1S/2C9H17N/c2*1-7-5-8-3-4-9(7)10(2)6-8/h2*7-9H,3-6H2,1-2H3. The van der Waals surface area contributed by atoms with Crippen molar-refractivity contribution in [1.82, 2.24) is 9.80 Å². The molecule has 0 N–H and O–H groups in total. The highest BCUT2D eigenvalue weighted by molar-refractivity contribution is 4.91. The summed E-state index contributed by atoms with van der Waals surface area (Å²) in [6, 6.07) is 1.84. The molecule has 2 heteroatoms. The molecular weight excluding hydrogens is 244 g/mol. The van der Waals surface area contributed by atoms with Gasteiger partial charge in [0.15, 0.2) is 0 Å². The van der Waals surface area contributed by atoms with E-state index in [1.165, 1.54) is 51.6 Å². The molecule has 6 aliphatic rings. The van der Waals surface area contributed by atoms with Crippen LogP contribution in [0.15, 0.2) is 0 Å². The number of rotatable bonds is 0. The summed E-state index contributed by atoms with van der Waals surface area (Å²) in [6.07, 6.45) is 8.91. The molecule has 20 heavy (non-hydrogen) atoms. The summed E-state index contributed by atoms with van der Waals surface area (Å²) >= 11 is 0. The van der Waals surface area contributed by atoms with E-state index >= 15 is 0 Å². The maximum absolute atomic E-state index is 2.56. The van der Waals surface area contributed by atoms with Crippen molar-refractivity contribution < 1.29 is 0 Å². The molecule has 2 saturated carbocycles. The lowest BCUT2D eigenvalue weighted by molar-refractivity contribution is 0.0280. The summed E-state index contributed by atoms with van der Waals surface area (Å²) in [5.74, 6) is 4.00. The molecule has 0 spiro atoms. The molecule has 0 aromatic carbocycles. The lowest BCUT2D eigenvalue weighted by atomic mass is 9.74. The van der Waals surface area contributed by atoms with Crippen LogP contribution in [0.5, 0.6) is 0 Å². The van der Waals surface area contributed by atoms with E-state index in [-0.39, 0.29) is 0 Å². The van der Waals surface area contributed by atoms with Crippen LogP contribution in [0.1, 0.15) is 52.4 Å². The topological polar surface area (TPSA) is 6.48 Å². The van der Waals surface area contributed by atoms with Crippen molar-refractivity contribution in [3.8, 4) is 0 Å². The van der Waals surface area contributed by atoms with Gasteiger partial charge in [-0.15, -0.1) is 0 Å². The van der Waals surface area contributed by atoms with Crippen molar-refractivity contribution in [1.29, 1.82) is 0 Å². The van der Waals surface area contributed by atoms with Gasteiger partial charge in [0.05, 0.1) is 0 Å². The van der Waals surface area contributed by atoms with Crippen LogP contribution < -0.4 is 0 Å². The van der Waals surface area contributed by atoms with E-state index < -0.39 is 0 Å². The Bertz CT molecular complexity index is 273. The molecule has 0 aromatic heterocycles. The fourth-order valence-corrected chi connectivity index (χ4v) is 5.71. The van der Waals surface area contributed by atoms with E-state index in [1.54, 1.807) is 0 Å². The molecule has 6 atom stereocenters. The zero-order valence-electron chi connectivity index (χ0n) is 14.0. The Labute approximate surface area is 125 Å². The van der Waals surface area contributed by atoms with Gasteiger partial charge in [-0.2, -0.15) is 0 Å². The van der Waals surface area contributed by atoms with E-state index in [0.29, 0.717) is 0 Å². The minimum absolute atomic E-state index is 0.921. The maximum atomic E-state index is 2.56. The largest absolute Gasteiger partial charge is 0.303 e. The van der Waals surface area contributed by atoms with Crippen molar-refractivity contribution in [2.24, 2.45) is 23.7 Å². The second kappa shape index (κ2) is 5.96. The van der Waals surface area contributed by atoms with Crippen molar-refractivity contribution >= 4 is 0 Å². The number of fused-ring (bicyclic) bond motifs is 6. The van der Waals surface area contributed by atoms with E-state index in [0.717, 1.165) is 35.8 Å². The van der Waals surface area contributed by atoms with Crippen LogP contribution in [0.3, 0.4) is 0 Å². The molecule has 0 amide bonds. The van der Waals surface area contributed by atoms with Gasteiger partial charge in [0.2, 0.25) is 0 Å². The quantitative estimate of drug-likeness (QED) is 0.669. The van der Waals surface area contributed by atoms with Crippen LogP contribution in [0.2, 0.25) is 0 Å². The van der Waals surface area contributed by atoms with E-state index in [2.05, 4.69) is 37.7 Å². The van der Waals surface area contributed by atoms with Gasteiger partial charge in [-0.25, -0.2) is 0 Å². The minimum Gasteiger partial charge on any atom is -0.303 e. The highest BCUT2D eigenvalue weighted by atomic mass is 15.2. The lowest BCUT2D eigenvalue weighted by Gasteiger charge is -2.47. The zero-order chi connectivity index (χ0) is 14.3. The van der Waals surface area contributed by atoms with Crippen LogP contribution in [0.25, 0.3) is 0 Å². The Balaban J connectivity index is 0.000000121. The fourth-order valence-electron chi connectivity index (χ4n) is 5.71. The molecule has 4 saturated heterocycles. The summed E-state index contributed by atoms with van der Waals surface area (Å²) in [4.78, 5) is 5.12. The predicted molar refractivity (Wildman–Crippen MR) is 85.8 cm³/mol. The smallest absolute Gasteiger partial charge is 0.0118 e. The molecule has 6 fully saturated rings. The molecule has 6 rings (SSSR count). The highest BCUT2D eigenvalue weighted by Crippen LogP contribution is 2.38. The molecule has 0 aromatic rings. The molecule has 6 unspecified atom stereocenters. The van der Waals surface area contributed by atoms with Crippen LogP contribution in [-0.4, -0.2) is 49.1 Å². The van der Waals surface area contributed by atoms with Crippen LogP contribution >= 0.6 is 0 Å². The highest BCUT2D eigenvalue weighted by Gasteiger charge is 2.37. The average molecular weight is 278 g/mol.